The molecule has 16 nitrogen and oxygen atoms in total. The molecule has 0 saturated heterocycles. The molecular weight excluding hydrogens is 931 g/mol. The zero-order valence-electron chi connectivity index (χ0n) is 43.3. The van der Waals surface area contributed by atoms with Crippen LogP contribution in [0, 0.1) is 0 Å². The van der Waals surface area contributed by atoms with Gasteiger partial charge in [0.15, 0.2) is 23.0 Å². The maximum atomic E-state index is 14.4. The van der Waals surface area contributed by atoms with Crippen molar-refractivity contribution in [2.24, 2.45) is 0 Å². The summed E-state index contributed by atoms with van der Waals surface area (Å²) in [5, 5.41) is 0. The third kappa shape index (κ3) is 12.1. The zero-order chi connectivity index (χ0) is 51.4. The summed E-state index contributed by atoms with van der Waals surface area (Å²) in [6.45, 7) is 7.51. The largest absolute Gasteiger partial charge is 0.493 e. The quantitative estimate of drug-likeness (QED) is 0.0412. The minimum atomic E-state index is -0.284. The summed E-state index contributed by atoms with van der Waals surface area (Å²) in [5.41, 5.74) is 9.27. The van der Waals surface area contributed by atoms with Crippen LogP contribution < -0.4 is 43.4 Å². The van der Waals surface area contributed by atoms with Crippen LogP contribution >= 0.6 is 0 Å². The molecule has 5 aromatic rings. The van der Waals surface area contributed by atoms with Crippen LogP contribution in [0.5, 0.6) is 23.0 Å². The van der Waals surface area contributed by atoms with E-state index in [0.717, 1.165) is 63.5 Å². The molecule has 0 radical (unpaired) electrons. The molecule has 8 rings (SSSR count). The van der Waals surface area contributed by atoms with Crippen molar-refractivity contribution >= 4 is 46.2 Å². The van der Waals surface area contributed by atoms with Gasteiger partial charge in [-0.25, -0.2) is 0 Å². The number of fused-ring (bicyclic) bond motifs is 5. The molecule has 0 unspecified atom stereocenters. The van der Waals surface area contributed by atoms with E-state index < -0.39 is 0 Å². The second-order valence-corrected chi connectivity index (χ2v) is 18.4. The monoisotopic (exact) mass is 999 g/mol. The Hall–Kier alpha value is -7.01. The first-order chi connectivity index (χ1) is 35.5. The third-order valence-electron chi connectivity index (χ3n) is 13.8. The van der Waals surface area contributed by atoms with Crippen LogP contribution in [0.4, 0.5) is 28.4 Å². The van der Waals surface area contributed by atoms with E-state index >= 15 is 0 Å². The van der Waals surface area contributed by atoms with Crippen molar-refractivity contribution in [3.8, 4) is 23.0 Å². The smallest absolute Gasteiger partial charge is 0.305 e. The van der Waals surface area contributed by atoms with Crippen LogP contribution in [0.3, 0.4) is 0 Å². The maximum absolute atomic E-state index is 14.4. The van der Waals surface area contributed by atoms with E-state index in [9.17, 15) is 14.4 Å². The minimum absolute atomic E-state index is 0.0103. The van der Waals surface area contributed by atoms with Crippen molar-refractivity contribution in [2.75, 3.05) is 133 Å². The van der Waals surface area contributed by atoms with Crippen LogP contribution in [0.1, 0.15) is 62.7 Å². The first-order valence-corrected chi connectivity index (χ1v) is 25.1. The number of carbonyl (C=O) groups is 3. The number of anilines is 5. The zero-order valence-corrected chi connectivity index (χ0v) is 43.3. The van der Waals surface area contributed by atoms with Gasteiger partial charge in [-0.05, 0) is 90.9 Å². The van der Waals surface area contributed by atoms with Crippen molar-refractivity contribution in [1.29, 1.82) is 0 Å². The molecule has 3 aliphatic heterocycles. The lowest BCUT2D eigenvalue weighted by Gasteiger charge is -2.27. The average molecular weight is 1000 g/mol. The number of nitrogens with zero attached hydrogens (tertiary/aromatic N) is 5. The highest BCUT2D eigenvalue weighted by Gasteiger charge is 2.39. The number of para-hydroxylation sites is 2. The van der Waals surface area contributed by atoms with Gasteiger partial charge in [0.2, 0.25) is 0 Å². The fraction of sp³-hybridized carbons (Fsp3) is 0.421. The minimum Gasteiger partial charge on any atom is -0.493 e. The summed E-state index contributed by atoms with van der Waals surface area (Å²) in [6.07, 6.45) is 2.36. The summed E-state index contributed by atoms with van der Waals surface area (Å²) in [4.78, 5) is 51.1. The van der Waals surface area contributed by atoms with Gasteiger partial charge >= 0.3 is 5.97 Å². The molecule has 0 aliphatic carbocycles. The van der Waals surface area contributed by atoms with E-state index in [0.29, 0.717) is 106 Å². The number of hydrogen-bond acceptors (Lipinski definition) is 14. The van der Waals surface area contributed by atoms with E-state index in [1.165, 1.54) is 7.11 Å². The molecule has 5 aromatic carbocycles. The summed E-state index contributed by atoms with van der Waals surface area (Å²) in [7, 11) is 10.2. The number of hydrogen-bond donors (Lipinski definition) is 0. The van der Waals surface area contributed by atoms with Crippen molar-refractivity contribution in [3.63, 3.8) is 0 Å². The molecule has 0 fully saturated rings. The van der Waals surface area contributed by atoms with Gasteiger partial charge in [0.05, 0.1) is 82.9 Å². The van der Waals surface area contributed by atoms with Gasteiger partial charge in [0.25, 0.3) is 11.8 Å². The summed E-state index contributed by atoms with van der Waals surface area (Å²) in [5.74, 6) is 1.38. The fourth-order valence-electron chi connectivity index (χ4n) is 9.85. The van der Waals surface area contributed by atoms with Crippen LogP contribution in [-0.2, 0) is 49.8 Å². The second-order valence-electron chi connectivity index (χ2n) is 18.4. The molecule has 3 heterocycles. The van der Waals surface area contributed by atoms with Gasteiger partial charge in [-0.3, -0.25) is 14.4 Å². The van der Waals surface area contributed by atoms with Gasteiger partial charge in [-0.2, -0.15) is 0 Å². The Balaban J connectivity index is 1.09. The van der Waals surface area contributed by atoms with Crippen molar-refractivity contribution < 1.29 is 52.3 Å². The number of methoxy groups -OCH3 is 4. The fourth-order valence-corrected chi connectivity index (χ4v) is 9.85. The summed E-state index contributed by atoms with van der Waals surface area (Å²) in [6, 6.07) is 29.6. The van der Waals surface area contributed by atoms with E-state index in [1.54, 1.807) is 33.5 Å². The predicted molar refractivity (Wildman–Crippen MR) is 283 cm³/mol. The lowest BCUT2D eigenvalue weighted by Crippen LogP contribution is -2.41. The van der Waals surface area contributed by atoms with Gasteiger partial charge in [-0.1, -0.05) is 36.4 Å². The molecular formula is C57H69N5O11. The lowest BCUT2D eigenvalue weighted by atomic mass is 10.1. The highest BCUT2D eigenvalue weighted by molar-refractivity contribution is 6.13. The normalized spacial score (nSPS) is 14.5. The Bertz CT molecular complexity index is 2730. The summed E-state index contributed by atoms with van der Waals surface area (Å²) >= 11 is 0. The third-order valence-corrected chi connectivity index (χ3v) is 13.8. The number of rotatable bonds is 25. The van der Waals surface area contributed by atoms with Crippen LogP contribution in [0.25, 0.3) is 0 Å². The molecule has 0 saturated carbocycles. The molecule has 3 aliphatic rings. The van der Waals surface area contributed by atoms with E-state index in [2.05, 4.69) is 34.1 Å². The van der Waals surface area contributed by atoms with Gasteiger partial charge < -0.3 is 62.4 Å². The Morgan fingerprint density at radius 2 is 1.37 bits per heavy atom. The topological polar surface area (TPSA) is 141 Å². The highest BCUT2D eigenvalue weighted by Crippen LogP contribution is 2.43. The average Bonchev–Trinajstić information content (AvgIpc) is 4.00. The van der Waals surface area contributed by atoms with Gasteiger partial charge in [-0.15, -0.1) is 0 Å². The Kier molecular flexibility index (Phi) is 17.6. The summed E-state index contributed by atoms with van der Waals surface area (Å²) < 4.78 is 46.9. The molecule has 2 amide bonds. The Labute approximate surface area is 429 Å². The number of ether oxygens (including phenoxy) is 8. The number of benzene rings is 5. The maximum Gasteiger partial charge on any atom is 0.305 e. The molecule has 388 valence electrons. The first-order valence-electron chi connectivity index (χ1n) is 25.1. The molecule has 0 N–H and O–H groups in total. The van der Waals surface area contributed by atoms with Crippen LogP contribution in [-0.4, -0.2) is 132 Å². The molecule has 16 heteroatoms. The standard InChI is InChI=1S/C57H69N5O11/c1-8-58(2)49-34-53(51(67-5)32-45(49)56(64)61-21-19-41-14-9-11-16-47(41)61)72-37-39-28-40(30-43(29-39)60(20-13-18-55(63)69-7)22-23-70-26-27-71-25-24-66-4)38-73-54-35-50-46(33-52(54)68-6)57(65)62-44(36-59(50)3)31-42-15-10-12-17-48(42)62/h9-12,14-17,28-30,32-35,44H,8,13,18-27,31,36-38H2,1-7H3/t44-/m0/s1. The molecule has 73 heavy (non-hydrogen) atoms. The van der Waals surface area contributed by atoms with E-state index in [1.807, 2.05) is 90.3 Å². The lowest BCUT2D eigenvalue weighted by molar-refractivity contribution is -0.140. The van der Waals surface area contributed by atoms with Gasteiger partial charge in [0, 0.05) is 89.5 Å². The number of esters is 1. The molecule has 1 atom stereocenters. The second kappa shape index (κ2) is 24.6. The number of likely N-dealkylation sites (N-methyl/N-ethyl adjacent to an activating group) is 1. The predicted octanol–water partition coefficient (Wildman–Crippen LogP) is 7.98. The SMILES string of the molecule is CCN(C)c1cc(OCc2cc(COc3cc4c(cc3OC)C(=O)N3c5ccccc5C[C@H]3CN4C)cc(N(CCCC(=O)OC)CCOCCOCCOC)c2)c(OC)cc1C(=O)N1CCc2ccccc21. The molecule has 0 aromatic heterocycles. The Morgan fingerprint density at radius 3 is 2.07 bits per heavy atom. The number of carbonyl (C=O) groups excluding carboxylic acids is 3. The highest BCUT2D eigenvalue weighted by atomic mass is 16.5. The molecule has 0 bridgehead atoms. The number of amides is 2. The van der Waals surface area contributed by atoms with Crippen LogP contribution in [0.15, 0.2) is 91.0 Å². The van der Waals surface area contributed by atoms with Crippen LogP contribution in [0.2, 0.25) is 0 Å². The van der Waals surface area contributed by atoms with Crippen molar-refractivity contribution in [1.82, 2.24) is 0 Å². The molecule has 0 spiro atoms. The van der Waals surface area contributed by atoms with Crippen molar-refractivity contribution in [2.45, 2.75) is 51.9 Å². The van der Waals surface area contributed by atoms with Gasteiger partial charge in [0.1, 0.15) is 13.2 Å². The van der Waals surface area contributed by atoms with E-state index in [-0.39, 0.29) is 43.5 Å². The van der Waals surface area contributed by atoms with Crippen molar-refractivity contribution in [3.05, 3.63) is 124 Å². The van der Waals surface area contributed by atoms with E-state index in [4.69, 9.17) is 37.9 Å². The Morgan fingerprint density at radius 1 is 0.712 bits per heavy atom. The first kappa shape index (κ1) is 52.3.